The number of thiophene rings is 1. The lowest BCUT2D eigenvalue weighted by atomic mass is 10.4. The lowest BCUT2D eigenvalue weighted by Crippen LogP contribution is -2.31. The number of halogens is 3. The van der Waals surface area contributed by atoms with Gasteiger partial charge in [0.1, 0.15) is 11.4 Å². The number of rotatable bonds is 3. The summed E-state index contributed by atoms with van der Waals surface area (Å²) in [5.74, 6) is -1.97. The zero-order valence-electron chi connectivity index (χ0n) is 8.61. The fraction of sp³-hybridized carbons (Fsp3) is 0.333. The molecule has 0 aliphatic carbocycles. The summed E-state index contributed by atoms with van der Waals surface area (Å²) in [4.78, 5) is 21.7. The topological polar surface area (TPSA) is 57.6 Å². The smallest absolute Gasteiger partial charge is 0.425 e. The molecule has 1 aromatic heterocycles. The maximum Gasteiger partial charge on any atom is 0.425 e. The van der Waals surface area contributed by atoms with Gasteiger partial charge >= 0.3 is 12.1 Å². The molecule has 1 heterocycles. The van der Waals surface area contributed by atoms with Crippen molar-refractivity contribution < 1.29 is 27.9 Å². The number of carboxylic acids is 1. The Labute approximate surface area is 98.3 Å². The fourth-order valence-corrected chi connectivity index (χ4v) is 1.94. The quantitative estimate of drug-likeness (QED) is 0.910. The maximum atomic E-state index is 12.3. The molecule has 0 unspecified atom stereocenters. The number of amides is 1. The molecule has 1 N–H and O–H groups in total. The van der Waals surface area contributed by atoms with Gasteiger partial charge in [0.2, 0.25) is 0 Å². The summed E-state index contributed by atoms with van der Waals surface area (Å²) < 4.78 is 36.8. The standard InChI is InChI=1S/C9H8F3NO3S/c1-13(4-7(14)15)8(16)5-2-3-6(17-5)9(10,11)12/h2-3H,4H2,1H3,(H,14,15). The van der Waals surface area contributed by atoms with Gasteiger partial charge < -0.3 is 10.0 Å². The molecule has 0 fully saturated rings. The van der Waals surface area contributed by atoms with Crippen LogP contribution in [0.1, 0.15) is 14.5 Å². The molecule has 94 valence electrons. The summed E-state index contributed by atoms with van der Waals surface area (Å²) in [6, 6.07) is 1.83. The first-order valence-electron chi connectivity index (χ1n) is 4.36. The molecule has 0 aromatic carbocycles. The Morgan fingerprint density at radius 2 is 2.00 bits per heavy atom. The van der Waals surface area contributed by atoms with E-state index >= 15 is 0 Å². The van der Waals surface area contributed by atoms with E-state index in [0.29, 0.717) is 11.3 Å². The lowest BCUT2D eigenvalue weighted by molar-refractivity contribution is -0.137. The Bertz CT molecular complexity index is 441. The molecule has 1 aromatic rings. The van der Waals surface area contributed by atoms with Crippen LogP contribution in [0.4, 0.5) is 13.2 Å². The van der Waals surface area contributed by atoms with Gasteiger partial charge in [-0.15, -0.1) is 11.3 Å². The first-order chi connectivity index (χ1) is 7.71. The van der Waals surface area contributed by atoms with E-state index in [1.54, 1.807) is 0 Å². The van der Waals surface area contributed by atoms with E-state index in [2.05, 4.69) is 0 Å². The van der Waals surface area contributed by atoms with Gasteiger partial charge in [-0.25, -0.2) is 0 Å². The Balaban J connectivity index is 2.84. The van der Waals surface area contributed by atoms with Crippen LogP contribution in [0.25, 0.3) is 0 Å². The normalized spacial score (nSPS) is 11.3. The largest absolute Gasteiger partial charge is 0.480 e. The van der Waals surface area contributed by atoms with Crippen LogP contribution in [0.5, 0.6) is 0 Å². The maximum absolute atomic E-state index is 12.3. The summed E-state index contributed by atoms with van der Waals surface area (Å²) in [5, 5.41) is 8.44. The minimum Gasteiger partial charge on any atom is -0.480 e. The first-order valence-corrected chi connectivity index (χ1v) is 5.17. The minimum absolute atomic E-state index is 0.138. The molecular formula is C9H8F3NO3S. The molecule has 0 saturated heterocycles. The number of likely N-dealkylation sites (N-methyl/N-ethyl adjacent to an activating group) is 1. The number of carboxylic acid groups (broad SMARTS) is 1. The van der Waals surface area contributed by atoms with Crippen LogP contribution in [0.2, 0.25) is 0 Å². The van der Waals surface area contributed by atoms with Crippen molar-refractivity contribution in [3.8, 4) is 0 Å². The van der Waals surface area contributed by atoms with Crippen molar-refractivity contribution in [3.63, 3.8) is 0 Å². The van der Waals surface area contributed by atoms with Gasteiger partial charge in [0.25, 0.3) is 5.91 Å². The van der Waals surface area contributed by atoms with E-state index in [-0.39, 0.29) is 4.88 Å². The first kappa shape index (κ1) is 13.5. The molecule has 4 nitrogen and oxygen atoms in total. The summed E-state index contributed by atoms with van der Waals surface area (Å²) >= 11 is 0.294. The van der Waals surface area contributed by atoms with Crippen LogP contribution in [-0.2, 0) is 11.0 Å². The zero-order chi connectivity index (χ0) is 13.2. The SMILES string of the molecule is CN(CC(=O)O)C(=O)c1ccc(C(F)(F)F)s1. The third kappa shape index (κ3) is 3.45. The lowest BCUT2D eigenvalue weighted by Gasteiger charge is -2.12. The summed E-state index contributed by atoms with van der Waals surface area (Å²) in [7, 11) is 1.21. The summed E-state index contributed by atoms with van der Waals surface area (Å²) in [6.07, 6.45) is -4.49. The Morgan fingerprint density at radius 1 is 1.41 bits per heavy atom. The van der Waals surface area contributed by atoms with Crippen molar-refractivity contribution in [1.29, 1.82) is 0 Å². The zero-order valence-corrected chi connectivity index (χ0v) is 9.43. The third-order valence-corrected chi connectivity index (χ3v) is 2.93. The Kier molecular flexibility index (Phi) is 3.76. The van der Waals surface area contributed by atoms with Gasteiger partial charge in [-0.1, -0.05) is 0 Å². The van der Waals surface area contributed by atoms with Gasteiger partial charge in [0.05, 0.1) is 4.88 Å². The van der Waals surface area contributed by atoms with Gasteiger partial charge in [-0.2, -0.15) is 13.2 Å². The number of nitrogens with zero attached hydrogens (tertiary/aromatic N) is 1. The van der Waals surface area contributed by atoms with Crippen LogP contribution >= 0.6 is 11.3 Å². The van der Waals surface area contributed by atoms with Gasteiger partial charge in [0.15, 0.2) is 0 Å². The van der Waals surface area contributed by atoms with E-state index in [9.17, 15) is 22.8 Å². The highest BCUT2D eigenvalue weighted by atomic mass is 32.1. The van der Waals surface area contributed by atoms with Crippen molar-refractivity contribution in [2.24, 2.45) is 0 Å². The van der Waals surface area contributed by atoms with E-state index in [1.165, 1.54) is 7.05 Å². The van der Waals surface area contributed by atoms with Crippen LogP contribution in [-0.4, -0.2) is 35.5 Å². The molecule has 8 heteroatoms. The van der Waals surface area contributed by atoms with Gasteiger partial charge in [0, 0.05) is 7.05 Å². The summed E-state index contributed by atoms with van der Waals surface area (Å²) in [5.41, 5.74) is 0. The Morgan fingerprint density at radius 3 is 2.41 bits per heavy atom. The molecule has 0 radical (unpaired) electrons. The van der Waals surface area contributed by atoms with E-state index in [0.717, 1.165) is 17.0 Å². The number of alkyl halides is 3. The Hall–Kier alpha value is -1.57. The highest BCUT2D eigenvalue weighted by Crippen LogP contribution is 2.34. The molecular weight excluding hydrogens is 259 g/mol. The van der Waals surface area contributed by atoms with Crippen LogP contribution in [0.15, 0.2) is 12.1 Å². The van der Waals surface area contributed by atoms with Gasteiger partial charge in [-0.3, -0.25) is 9.59 Å². The molecule has 0 saturated carbocycles. The number of carbonyl (C=O) groups excluding carboxylic acids is 1. The minimum atomic E-state index is -4.49. The van der Waals surface area contributed by atoms with E-state index in [1.807, 2.05) is 0 Å². The second kappa shape index (κ2) is 4.74. The van der Waals surface area contributed by atoms with Crippen LogP contribution < -0.4 is 0 Å². The second-order valence-electron chi connectivity index (χ2n) is 3.22. The van der Waals surface area contributed by atoms with E-state index < -0.39 is 29.5 Å². The number of hydrogen-bond acceptors (Lipinski definition) is 3. The third-order valence-electron chi connectivity index (χ3n) is 1.82. The number of carbonyl (C=O) groups is 2. The monoisotopic (exact) mass is 267 g/mol. The van der Waals surface area contributed by atoms with Gasteiger partial charge in [-0.05, 0) is 12.1 Å². The predicted molar refractivity (Wildman–Crippen MR) is 53.9 cm³/mol. The number of aliphatic carboxylic acids is 1. The fourth-order valence-electron chi connectivity index (χ4n) is 1.07. The van der Waals surface area contributed by atoms with Crippen LogP contribution in [0, 0.1) is 0 Å². The molecule has 1 amide bonds. The molecule has 0 bridgehead atoms. The number of hydrogen-bond donors (Lipinski definition) is 1. The highest BCUT2D eigenvalue weighted by molar-refractivity contribution is 7.14. The molecule has 1 rings (SSSR count). The summed E-state index contributed by atoms with van der Waals surface area (Å²) in [6.45, 7) is -0.557. The second-order valence-corrected chi connectivity index (χ2v) is 4.30. The van der Waals surface area contributed by atoms with Crippen molar-refractivity contribution in [2.75, 3.05) is 13.6 Å². The van der Waals surface area contributed by atoms with Crippen molar-refractivity contribution >= 4 is 23.2 Å². The van der Waals surface area contributed by atoms with Crippen LogP contribution in [0.3, 0.4) is 0 Å². The van der Waals surface area contributed by atoms with Crippen molar-refractivity contribution in [2.45, 2.75) is 6.18 Å². The molecule has 0 spiro atoms. The molecule has 17 heavy (non-hydrogen) atoms. The van der Waals surface area contributed by atoms with Crippen molar-refractivity contribution in [1.82, 2.24) is 4.90 Å². The average Bonchev–Trinajstić information content (AvgIpc) is 2.63. The van der Waals surface area contributed by atoms with E-state index in [4.69, 9.17) is 5.11 Å². The predicted octanol–water partition coefficient (Wildman–Crippen LogP) is 1.92. The molecule has 0 aliphatic heterocycles. The van der Waals surface area contributed by atoms with Crippen molar-refractivity contribution in [3.05, 3.63) is 21.9 Å². The molecule has 0 atom stereocenters. The highest BCUT2D eigenvalue weighted by Gasteiger charge is 2.33. The average molecular weight is 267 g/mol. The molecule has 0 aliphatic rings.